The van der Waals surface area contributed by atoms with Gasteiger partial charge in [-0.05, 0) is 69.8 Å². The molecule has 230 valence electrons. The standard InChI is InChI=1S/C32H43FN6O3Si/c1-21-14-22(27-10-9-11-38(27)31(40)42-32(2,3)4)15-25(33)29(21)26-16-24-28(18-34-26)39(20-41-12-13-43(6,7)8)36-30(24)23-17-35-37(5)19-23/h14-19,27H,9-13,20H2,1-8H3. The summed E-state index contributed by atoms with van der Waals surface area (Å²) in [6, 6.07) is 6.24. The minimum absolute atomic E-state index is 0.232. The summed E-state index contributed by atoms with van der Waals surface area (Å²) in [5.41, 5.74) is 4.30. The van der Waals surface area contributed by atoms with Crippen LogP contribution >= 0.6 is 0 Å². The van der Waals surface area contributed by atoms with Crippen molar-refractivity contribution in [2.75, 3.05) is 13.2 Å². The van der Waals surface area contributed by atoms with Gasteiger partial charge >= 0.3 is 6.09 Å². The summed E-state index contributed by atoms with van der Waals surface area (Å²) < 4.78 is 31.2. The number of fused-ring (bicyclic) bond motifs is 1. The molecule has 0 spiro atoms. The lowest BCUT2D eigenvalue weighted by Crippen LogP contribution is -2.36. The summed E-state index contributed by atoms with van der Waals surface area (Å²) in [6.45, 7) is 16.0. The molecule has 9 nitrogen and oxygen atoms in total. The van der Waals surface area contributed by atoms with Gasteiger partial charge in [-0.2, -0.15) is 10.2 Å². The molecule has 11 heteroatoms. The first-order valence-corrected chi connectivity index (χ1v) is 18.6. The molecule has 1 aromatic carbocycles. The summed E-state index contributed by atoms with van der Waals surface area (Å²) in [5, 5.41) is 10.1. The van der Waals surface area contributed by atoms with Crippen LogP contribution in [0.25, 0.3) is 33.4 Å². The molecule has 4 aromatic rings. The molecule has 1 atom stereocenters. The number of pyridine rings is 1. The number of carbonyl (C=O) groups excluding carboxylic acids is 1. The van der Waals surface area contributed by atoms with Gasteiger partial charge in [0, 0.05) is 51.0 Å². The number of benzene rings is 1. The topological polar surface area (TPSA) is 87.3 Å². The van der Waals surface area contributed by atoms with Gasteiger partial charge in [-0.3, -0.25) is 9.67 Å². The van der Waals surface area contributed by atoms with Gasteiger partial charge in [0.05, 0.1) is 29.6 Å². The van der Waals surface area contributed by atoms with Crippen molar-refractivity contribution in [2.24, 2.45) is 7.05 Å². The van der Waals surface area contributed by atoms with E-state index in [0.717, 1.165) is 52.2 Å². The van der Waals surface area contributed by atoms with E-state index in [0.29, 0.717) is 31.1 Å². The van der Waals surface area contributed by atoms with Crippen LogP contribution < -0.4 is 0 Å². The molecule has 0 aliphatic carbocycles. The molecule has 1 fully saturated rings. The van der Waals surface area contributed by atoms with Crippen LogP contribution in [0, 0.1) is 12.7 Å². The van der Waals surface area contributed by atoms with E-state index in [4.69, 9.17) is 19.6 Å². The lowest BCUT2D eigenvalue weighted by molar-refractivity contribution is 0.0224. The highest BCUT2D eigenvalue weighted by molar-refractivity contribution is 6.76. The van der Waals surface area contributed by atoms with Crippen LogP contribution in [-0.4, -0.2) is 62.4 Å². The molecule has 0 bridgehead atoms. The number of nitrogens with zero attached hydrogens (tertiary/aromatic N) is 6. The maximum absolute atomic E-state index is 16.0. The number of aryl methyl sites for hydroxylation is 2. The summed E-state index contributed by atoms with van der Waals surface area (Å²) in [5.74, 6) is -0.372. The molecule has 1 unspecified atom stereocenters. The Morgan fingerprint density at radius 1 is 1.16 bits per heavy atom. The number of carbonyl (C=O) groups is 1. The van der Waals surface area contributed by atoms with Gasteiger partial charge in [-0.15, -0.1) is 0 Å². The fourth-order valence-corrected chi connectivity index (χ4v) is 6.29. The Balaban J connectivity index is 1.48. The van der Waals surface area contributed by atoms with Crippen LogP contribution in [-0.2, 0) is 23.3 Å². The highest BCUT2D eigenvalue weighted by Crippen LogP contribution is 2.38. The molecule has 1 saturated heterocycles. The molecule has 3 aromatic heterocycles. The van der Waals surface area contributed by atoms with E-state index in [9.17, 15) is 4.79 Å². The van der Waals surface area contributed by atoms with Crippen LogP contribution in [0.5, 0.6) is 0 Å². The monoisotopic (exact) mass is 606 g/mol. The van der Waals surface area contributed by atoms with Gasteiger partial charge in [-0.25, -0.2) is 13.9 Å². The van der Waals surface area contributed by atoms with E-state index in [1.165, 1.54) is 0 Å². The average molecular weight is 607 g/mol. The number of aromatic nitrogens is 5. The Bertz CT molecular complexity index is 1610. The van der Waals surface area contributed by atoms with Gasteiger partial charge in [0.2, 0.25) is 0 Å². The van der Waals surface area contributed by atoms with E-state index in [2.05, 4.69) is 24.7 Å². The van der Waals surface area contributed by atoms with Crippen LogP contribution in [0.4, 0.5) is 9.18 Å². The number of ether oxygens (including phenoxy) is 2. The maximum Gasteiger partial charge on any atom is 0.410 e. The Morgan fingerprint density at radius 3 is 2.58 bits per heavy atom. The smallest absolute Gasteiger partial charge is 0.410 e. The van der Waals surface area contributed by atoms with Gasteiger partial charge in [-0.1, -0.05) is 25.7 Å². The van der Waals surface area contributed by atoms with E-state index in [1.54, 1.807) is 28.0 Å². The zero-order valence-corrected chi connectivity index (χ0v) is 27.6. The lowest BCUT2D eigenvalue weighted by Gasteiger charge is -2.29. The van der Waals surface area contributed by atoms with Crippen molar-refractivity contribution in [3.05, 3.63) is 53.7 Å². The number of amides is 1. The predicted molar refractivity (Wildman–Crippen MR) is 169 cm³/mol. The van der Waals surface area contributed by atoms with Crippen LogP contribution in [0.15, 0.2) is 36.8 Å². The Morgan fingerprint density at radius 2 is 1.93 bits per heavy atom. The molecule has 0 radical (unpaired) electrons. The Hall–Kier alpha value is -3.57. The zero-order valence-electron chi connectivity index (χ0n) is 26.6. The number of hydrogen-bond acceptors (Lipinski definition) is 6. The zero-order chi connectivity index (χ0) is 31.1. The van der Waals surface area contributed by atoms with Crippen LogP contribution in [0.2, 0.25) is 25.7 Å². The number of halogens is 1. The first-order valence-electron chi connectivity index (χ1n) is 14.9. The molecular formula is C32H43FN6O3Si. The summed E-state index contributed by atoms with van der Waals surface area (Å²) in [6.07, 6.45) is 6.66. The molecule has 0 saturated carbocycles. The van der Waals surface area contributed by atoms with E-state index in [-0.39, 0.29) is 18.0 Å². The largest absolute Gasteiger partial charge is 0.444 e. The van der Waals surface area contributed by atoms with Crippen molar-refractivity contribution in [2.45, 2.75) is 84.6 Å². The number of rotatable bonds is 8. The average Bonchev–Trinajstić information content (AvgIpc) is 3.63. The van der Waals surface area contributed by atoms with Crippen molar-refractivity contribution in [3.8, 4) is 22.5 Å². The Labute approximate surface area is 254 Å². The van der Waals surface area contributed by atoms with E-state index in [1.807, 2.05) is 57.8 Å². The fraction of sp³-hybridized carbons (Fsp3) is 0.500. The second-order valence-corrected chi connectivity index (χ2v) is 19.3. The second-order valence-electron chi connectivity index (χ2n) is 13.7. The molecule has 1 amide bonds. The molecule has 5 rings (SSSR count). The van der Waals surface area contributed by atoms with Crippen LogP contribution in [0.1, 0.15) is 50.8 Å². The van der Waals surface area contributed by atoms with Crippen molar-refractivity contribution in [1.29, 1.82) is 0 Å². The highest BCUT2D eigenvalue weighted by Gasteiger charge is 2.34. The normalized spacial score (nSPS) is 15.9. The number of hydrogen-bond donors (Lipinski definition) is 0. The van der Waals surface area contributed by atoms with E-state index < -0.39 is 13.7 Å². The van der Waals surface area contributed by atoms with Crippen LogP contribution in [0.3, 0.4) is 0 Å². The van der Waals surface area contributed by atoms with Crippen molar-refractivity contribution < 1.29 is 18.7 Å². The van der Waals surface area contributed by atoms with Gasteiger partial charge < -0.3 is 14.4 Å². The summed E-state index contributed by atoms with van der Waals surface area (Å²) in [4.78, 5) is 19.3. The van der Waals surface area contributed by atoms with Crippen molar-refractivity contribution in [1.82, 2.24) is 29.4 Å². The SMILES string of the molecule is Cc1cc(C2CCCN2C(=O)OC(C)(C)C)cc(F)c1-c1cc2c(-c3cnn(C)c3)nn(COCC[Si](C)(C)C)c2cn1. The third-order valence-corrected chi connectivity index (χ3v) is 9.36. The molecule has 4 heterocycles. The molecule has 43 heavy (non-hydrogen) atoms. The highest BCUT2D eigenvalue weighted by atomic mass is 28.3. The summed E-state index contributed by atoms with van der Waals surface area (Å²) in [7, 11) is 0.644. The molecule has 1 aliphatic heterocycles. The van der Waals surface area contributed by atoms with Gasteiger partial charge in [0.15, 0.2) is 0 Å². The summed E-state index contributed by atoms with van der Waals surface area (Å²) >= 11 is 0. The van der Waals surface area contributed by atoms with E-state index >= 15 is 4.39 Å². The van der Waals surface area contributed by atoms with Crippen molar-refractivity contribution in [3.63, 3.8) is 0 Å². The van der Waals surface area contributed by atoms with Crippen molar-refractivity contribution >= 4 is 25.1 Å². The first-order chi connectivity index (χ1) is 20.2. The molecule has 0 N–H and O–H groups in total. The third-order valence-electron chi connectivity index (χ3n) is 7.66. The molecule has 1 aliphatic rings. The van der Waals surface area contributed by atoms with Gasteiger partial charge in [0.25, 0.3) is 0 Å². The third kappa shape index (κ3) is 6.99. The number of likely N-dealkylation sites (tertiary alicyclic amines) is 1. The minimum Gasteiger partial charge on any atom is -0.444 e. The molecular weight excluding hydrogens is 563 g/mol. The predicted octanol–water partition coefficient (Wildman–Crippen LogP) is 7.33. The quantitative estimate of drug-likeness (QED) is 0.154. The Kier molecular flexibility index (Phi) is 8.50. The maximum atomic E-state index is 16.0. The second kappa shape index (κ2) is 11.8. The lowest BCUT2D eigenvalue weighted by atomic mass is 9.96. The fourth-order valence-electron chi connectivity index (χ4n) is 5.53. The minimum atomic E-state index is -1.22. The van der Waals surface area contributed by atoms with Gasteiger partial charge in [0.1, 0.15) is 23.8 Å². The first kappa shape index (κ1) is 30.9.